The van der Waals surface area contributed by atoms with Gasteiger partial charge in [0, 0.05) is 0 Å². The normalized spacial score (nSPS) is 17.8. The summed E-state index contributed by atoms with van der Waals surface area (Å²) in [5.74, 6) is 0.989. The third-order valence-electron chi connectivity index (χ3n) is 4.08. The fourth-order valence-corrected chi connectivity index (χ4v) is 2.26. The van der Waals surface area contributed by atoms with Crippen LogP contribution < -0.4 is 0 Å². The molecular weight excluding hydrogens is 220 g/mol. The van der Waals surface area contributed by atoms with Crippen LogP contribution in [0, 0.1) is 17.8 Å². The van der Waals surface area contributed by atoms with Gasteiger partial charge in [-0.3, -0.25) is 0 Å². The third-order valence-corrected chi connectivity index (χ3v) is 4.08. The van der Waals surface area contributed by atoms with Crippen LogP contribution in [0.2, 0.25) is 0 Å². The van der Waals surface area contributed by atoms with Crippen molar-refractivity contribution in [3.63, 3.8) is 0 Å². The lowest BCUT2D eigenvalue weighted by Crippen LogP contribution is -2.29. The molecule has 0 aliphatic heterocycles. The molecule has 0 amide bonds. The maximum absolute atomic E-state index is 10.2. The van der Waals surface area contributed by atoms with Crippen molar-refractivity contribution in [2.75, 3.05) is 0 Å². The Morgan fingerprint density at radius 1 is 1.17 bits per heavy atom. The minimum Gasteiger partial charge on any atom is -0.392 e. The Labute approximate surface area is 112 Å². The van der Waals surface area contributed by atoms with E-state index in [0.29, 0.717) is 11.8 Å². The van der Waals surface area contributed by atoms with Gasteiger partial charge in [0.15, 0.2) is 0 Å². The van der Waals surface area contributed by atoms with Crippen LogP contribution in [0.15, 0.2) is 43.0 Å². The van der Waals surface area contributed by atoms with Crippen LogP contribution in [-0.2, 0) is 6.42 Å². The Hall–Kier alpha value is -1.08. The van der Waals surface area contributed by atoms with Gasteiger partial charge < -0.3 is 5.11 Å². The predicted octanol–water partition coefficient (Wildman–Crippen LogP) is 4.07. The van der Waals surface area contributed by atoms with E-state index in [0.717, 1.165) is 12.8 Å². The van der Waals surface area contributed by atoms with E-state index in [9.17, 15) is 5.11 Å². The van der Waals surface area contributed by atoms with Crippen LogP contribution in [-0.4, -0.2) is 11.2 Å². The Balaban J connectivity index is 2.45. The average molecular weight is 246 g/mol. The molecule has 0 aliphatic carbocycles. The van der Waals surface area contributed by atoms with Gasteiger partial charge >= 0.3 is 0 Å². The number of aliphatic hydroxyl groups is 1. The SMILES string of the molecule is C=C[C@@H](C)[C@H](O)[C@H](C)[C@@H](C)CCc1ccccc1. The van der Waals surface area contributed by atoms with E-state index >= 15 is 0 Å². The molecule has 4 atom stereocenters. The molecule has 0 unspecified atom stereocenters. The second-order valence-corrected chi connectivity index (χ2v) is 5.45. The maximum Gasteiger partial charge on any atom is 0.0628 e. The second kappa shape index (κ2) is 7.38. The molecule has 0 aromatic heterocycles. The second-order valence-electron chi connectivity index (χ2n) is 5.45. The predicted molar refractivity (Wildman–Crippen MR) is 78.5 cm³/mol. The van der Waals surface area contributed by atoms with Crippen molar-refractivity contribution in [2.45, 2.75) is 39.7 Å². The lowest BCUT2D eigenvalue weighted by molar-refractivity contribution is 0.0555. The monoisotopic (exact) mass is 246 g/mol. The fourth-order valence-electron chi connectivity index (χ4n) is 2.26. The fraction of sp³-hybridized carbons (Fsp3) is 0.529. The molecule has 1 aromatic carbocycles. The molecule has 18 heavy (non-hydrogen) atoms. The van der Waals surface area contributed by atoms with Gasteiger partial charge in [-0.05, 0) is 36.2 Å². The lowest BCUT2D eigenvalue weighted by Gasteiger charge is -2.28. The Morgan fingerprint density at radius 2 is 1.78 bits per heavy atom. The highest BCUT2D eigenvalue weighted by molar-refractivity contribution is 5.14. The van der Waals surface area contributed by atoms with Crippen molar-refractivity contribution in [3.05, 3.63) is 48.6 Å². The van der Waals surface area contributed by atoms with Crippen molar-refractivity contribution in [1.29, 1.82) is 0 Å². The van der Waals surface area contributed by atoms with E-state index in [4.69, 9.17) is 0 Å². The topological polar surface area (TPSA) is 20.2 Å². The van der Waals surface area contributed by atoms with Crippen molar-refractivity contribution in [1.82, 2.24) is 0 Å². The van der Waals surface area contributed by atoms with Crippen LogP contribution in [0.1, 0.15) is 32.8 Å². The van der Waals surface area contributed by atoms with Crippen LogP contribution in [0.4, 0.5) is 0 Å². The minimum absolute atomic E-state index is 0.166. The first-order valence-electron chi connectivity index (χ1n) is 6.90. The van der Waals surface area contributed by atoms with Crippen molar-refractivity contribution in [3.8, 4) is 0 Å². The van der Waals surface area contributed by atoms with E-state index in [1.807, 2.05) is 19.1 Å². The van der Waals surface area contributed by atoms with E-state index in [2.05, 4.69) is 44.7 Å². The maximum atomic E-state index is 10.2. The van der Waals surface area contributed by atoms with E-state index in [1.165, 1.54) is 5.56 Å². The molecule has 0 fully saturated rings. The Bertz CT molecular complexity index is 344. The summed E-state index contributed by atoms with van der Waals surface area (Å²) in [6.45, 7) is 10.2. The third kappa shape index (κ3) is 4.30. The number of hydrogen-bond acceptors (Lipinski definition) is 1. The molecule has 0 bridgehead atoms. The van der Waals surface area contributed by atoms with Gasteiger partial charge in [0.25, 0.3) is 0 Å². The first-order chi connectivity index (χ1) is 8.56. The van der Waals surface area contributed by atoms with Crippen LogP contribution in [0.3, 0.4) is 0 Å². The molecule has 0 heterocycles. The summed E-state index contributed by atoms with van der Waals surface area (Å²) in [4.78, 5) is 0. The Morgan fingerprint density at radius 3 is 2.33 bits per heavy atom. The van der Waals surface area contributed by atoms with Gasteiger partial charge in [-0.1, -0.05) is 57.2 Å². The molecule has 100 valence electrons. The smallest absolute Gasteiger partial charge is 0.0628 e. The van der Waals surface area contributed by atoms with Crippen molar-refractivity contribution in [2.24, 2.45) is 17.8 Å². The molecule has 1 N–H and O–H groups in total. The summed E-state index contributed by atoms with van der Waals surface area (Å²) < 4.78 is 0. The van der Waals surface area contributed by atoms with Crippen molar-refractivity contribution >= 4 is 0 Å². The van der Waals surface area contributed by atoms with Crippen LogP contribution >= 0.6 is 0 Å². The van der Waals surface area contributed by atoms with Gasteiger partial charge in [-0.2, -0.15) is 0 Å². The van der Waals surface area contributed by atoms with E-state index in [-0.39, 0.29) is 12.0 Å². The van der Waals surface area contributed by atoms with Crippen LogP contribution in [0.25, 0.3) is 0 Å². The summed E-state index contributed by atoms with van der Waals surface area (Å²) in [5.41, 5.74) is 1.38. The summed E-state index contributed by atoms with van der Waals surface area (Å²) in [6, 6.07) is 10.5. The van der Waals surface area contributed by atoms with Gasteiger partial charge in [0.2, 0.25) is 0 Å². The molecule has 0 saturated heterocycles. The average Bonchev–Trinajstić information content (AvgIpc) is 2.43. The summed E-state index contributed by atoms with van der Waals surface area (Å²) in [5, 5.41) is 10.2. The number of benzene rings is 1. The number of hydrogen-bond donors (Lipinski definition) is 1. The van der Waals surface area contributed by atoms with Crippen molar-refractivity contribution < 1.29 is 5.11 Å². The molecule has 1 nitrogen and oxygen atoms in total. The molecule has 1 aromatic rings. The highest BCUT2D eigenvalue weighted by Crippen LogP contribution is 2.25. The summed E-state index contributed by atoms with van der Waals surface area (Å²) in [6.07, 6.45) is 3.76. The van der Waals surface area contributed by atoms with Gasteiger partial charge in [0.05, 0.1) is 6.10 Å². The Kier molecular flexibility index (Phi) is 6.14. The summed E-state index contributed by atoms with van der Waals surface area (Å²) in [7, 11) is 0. The molecule has 1 heteroatoms. The number of rotatable bonds is 7. The standard InChI is InChI=1S/C17H26O/c1-5-13(2)17(18)15(4)14(3)11-12-16-9-7-6-8-10-16/h5-10,13-15,17-18H,1,11-12H2,2-4H3/t13-,14+,15-,17+/m1/s1. The van der Waals surface area contributed by atoms with E-state index < -0.39 is 0 Å². The molecule has 0 radical (unpaired) electrons. The zero-order valence-corrected chi connectivity index (χ0v) is 11.8. The molecule has 1 rings (SSSR count). The zero-order valence-electron chi connectivity index (χ0n) is 11.8. The lowest BCUT2D eigenvalue weighted by atomic mass is 9.82. The van der Waals surface area contributed by atoms with Crippen LogP contribution in [0.5, 0.6) is 0 Å². The first kappa shape index (κ1) is 15.0. The summed E-state index contributed by atoms with van der Waals surface area (Å²) >= 11 is 0. The first-order valence-corrected chi connectivity index (χ1v) is 6.90. The zero-order chi connectivity index (χ0) is 13.5. The molecular formula is C17H26O. The highest BCUT2D eigenvalue weighted by atomic mass is 16.3. The number of aryl methyl sites for hydroxylation is 1. The molecule has 0 aliphatic rings. The minimum atomic E-state index is -0.284. The largest absolute Gasteiger partial charge is 0.392 e. The highest BCUT2D eigenvalue weighted by Gasteiger charge is 2.23. The van der Waals surface area contributed by atoms with E-state index in [1.54, 1.807) is 0 Å². The quantitative estimate of drug-likeness (QED) is 0.719. The number of aliphatic hydroxyl groups excluding tert-OH is 1. The van der Waals surface area contributed by atoms with Gasteiger partial charge in [0.1, 0.15) is 0 Å². The molecule has 0 spiro atoms. The molecule has 0 saturated carbocycles. The van der Waals surface area contributed by atoms with Gasteiger partial charge in [-0.15, -0.1) is 6.58 Å². The van der Waals surface area contributed by atoms with Gasteiger partial charge in [-0.25, -0.2) is 0 Å².